The molecule has 2 aromatic rings. The lowest BCUT2D eigenvalue weighted by Crippen LogP contribution is -2.22. The van der Waals surface area contributed by atoms with Crippen LogP contribution in [-0.2, 0) is 0 Å². The van der Waals surface area contributed by atoms with Gasteiger partial charge in [-0.1, -0.05) is 24.4 Å². The fraction of sp³-hybridized carbons (Fsp3) is 0.0833. The lowest BCUT2D eigenvalue weighted by atomic mass is 10.00. The smallest absolute Gasteiger partial charge is 0.0935 e. The normalized spacial score (nSPS) is 10.3. The van der Waals surface area contributed by atoms with Crippen molar-refractivity contribution in [3.05, 3.63) is 60.2 Å². The third-order valence-corrected chi connectivity index (χ3v) is 2.49. The molecule has 0 saturated carbocycles. The van der Waals surface area contributed by atoms with E-state index in [0.29, 0.717) is 4.99 Å². The van der Waals surface area contributed by atoms with Crippen molar-refractivity contribution < 1.29 is 0 Å². The van der Waals surface area contributed by atoms with Gasteiger partial charge in [-0.05, 0) is 24.3 Å². The number of hydrogen-bond donors (Lipinski definition) is 1. The van der Waals surface area contributed by atoms with E-state index in [1.54, 1.807) is 12.4 Å². The lowest BCUT2D eigenvalue weighted by Gasteiger charge is -2.13. The SMILES string of the molecule is NC(=S)C(c1ccccn1)c1ccccn1. The molecule has 0 aromatic carbocycles. The maximum Gasteiger partial charge on any atom is 0.0935 e. The predicted molar refractivity (Wildman–Crippen MR) is 67.1 cm³/mol. The first kappa shape index (κ1) is 10.7. The van der Waals surface area contributed by atoms with Gasteiger partial charge in [0.2, 0.25) is 0 Å². The number of hydrogen-bond acceptors (Lipinski definition) is 3. The molecule has 2 aromatic heterocycles. The topological polar surface area (TPSA) is 51.8 Å². The Balaban J connectivity index is 2.44. The quantitative estimate of drug-likeness (QED) is 0.817. The summed E-state index contributed by atoms with van der Waals surface area (Å²) in [4.78, 5) is 8.92. The molecule has 0 aliphatic heterocycles. The highest BCUT2D eigenvalue weighted by atomic mass is 32.1. The molecule has 0 radical (unpaired) electrons. The summed E-state index contributed by atoms with van der Waals surface area (Å²) < 4.78 is 0. The van der Waals surface area contributed by atoms with E-state index in [9.17, 15) is 0 Å². The molecule has 0 bridgehead atoms. The molecule has 0 aliphatic carbocycles. The molecule has 0 atom stereocenters. The van der Waals surface area contributed by atoms with E-state index in [4.69, 9.17) is 18.0 Å². The van der Waals surface area contributed by atoms with Crippen LogP contribution in [0, 0.1) is 0 Å². The standard InChI is InChI=1S/C12H11N3S/c13-12(16)11(9-5-1-3-7-14-9)10-6-2-4-8-15-10/h1-8,11H,(H2,13,16). The van der Waals surface area contributed by atoms with E-state index in [1.807, 2.05) is 36.4 Å². The number of pyridine rings is 2. The van der Waals surface area contributed by atoms with Crippen LogP contribution in [0.2, 0.25) is 0 Å². The molecule has 0 unspecified atom stereocenters. The first-order valence-electron chi connectivity index (χ1n) is 4.90. The Kier molecular flexibility index (Phi) is 3.22. The third kappa shape index (κ3) is 2.23. The molecule has 16 heavy (non-hydrogen) atoms. The second kappa shape index (κ2) is 4.81. The van der Waals surface area contributed by atoms with Gasteiger partial charge in [-0.25, -0.2) is 0 Å². The third-order valence-electron chi connectivity index (χ3n) is 2.25. The lowest BCUT2D eigenvalue weighted by molar-refractivity contribution is 0.946. The average molecular weight is 229 g/mol. The number of rotatable bonds is 3. The van der Waals surface area contributed by atoms with E-state index < -0.39 is 0 Å². The van der Waals surface area contributed by atoms with Gasteiger partial charge in [-0.3, -0.25) is 9.97 Å². The minimum absolute atomic E-state index is 0.211. The van der Waals surface area contributed by atoms with Crippen LogP contribution < -0.4 is 5.73 Å². The molecule has 0 saturated heterocycles. The van der Waals surface area contributed by atoms with Gasteiger partial charge in [0.15, 0.2) is 0 Å². The summed E-state index contributed by atoms with van der Waals surface area (Å²) in [6.07, 6.45) is 3.45. The van der Waals surface area contributed by atoms with Crippen molar-refractivity contribution in [2.45, 2.75) is 5.92 Å². The summed E-state index contributed by atoms with van der Waals surface area (Å²) in [6.45, 7) is 0. The van der Waals surface area contributed by atoms with Gasteiger partial charge >= 0.3 is 0 Å². The van der Waals surface area contributed by atoms with E-state index in [1.165, 1.54) is 0 Å². The number of nitrogens with two attached hydrogens (primary N) is 1. The maximum atomic E-state index is 5.75. The Morgan fingerprint density at radius 3 is 1.81 bits per heavy atom. The summed E-state index contributed by atoms with van der Waals surface area (Å²) >= 11 is 5.08. The van der Waals surface area contributed by atoms with Crippen molar-refractivity contribution >= 4 is 17.2 Å². The number of nitrogens with zero attached hydrogens (tertiary/aromatic N) is 2. The van der Waals surface area contributed by atoms with Gasteiger partial charge < -0.3 is 5.73 Å². The highest BCUT2D eigenvalue weighted by molar-refractivity contribution is 7.80. The van der Waals surface area contributed by atoms with Crippen LogP contribution in [0.25, 0.3) is 0 Å². The second-order valence-electron chi connectivity index (χ2n) is 3.34. The number of aromatic nitrogens is 2. The second-order valence-corrected chi connectivity index (χ2v) is 3.82. The summed E-state index contributed by atoms with van der Waals surface area (Å²) in [7, 11) is 0. The summed E-state index contributed by atoms with van der Waals surface area (Å²) in [5.74, 6) is -0.211. The largest absolute Gasteiger partial charge is 0.392 e. The summed E-state index contributed by atoms with van der Waals surface area (Å²) in [5, 5.41) is 0. The van der Waals surface area contributed by atoms with Gasteiger partial charge in [0.25, 0.3) is 0 Å². The molecule has 4 heteroatoms. The van der Waals surface area contributed by atoms with E-state index in [-0.39, 0.29) is 5.92 Å². The highest BCUT2D eigenvalue weighted by Gasteiger charge is 2.18. The maximum absolute atomic E-state index is 5.75. The summed E-state index contributed by atoms with van der Waals surface area (Å²) in [6, 6.07) is 11.3. The molecular formula is C12H11N3S. The van der Waals surface area contributed by atoms with Gasteiger partial charge in [0, 0.05) is 12.4 Å². The minimum atomic E-state index is -0.211. The van der Waals surface area contributed by atoms with Crippen LogP contribution in [0.3, 0.4) is 0 Å². The Morgan fingerprint density at radius 2 is 1.50 bits per heavy atom. The van der Waals surface area contributed by atoms with Gasteiger partial charge in [0.1, 0.15) is 0 Å². The summed E-state index contributed by atoms with van der Waals surface area (Å²) in [5.41, 5.74) is 7.41. The van der Waals surface area contributed by atoms with Crippen molar-refractivity contribution in [2.75, 3.05) is 0 Å². The van der Waals surface area contributed by atoms with Gasteiger partial charge in [-0.2, -0.15) is 0 Å². The highest BCUT2D eigenvalue weighted by Crippen LogP contribution is 2.20. The first-order chi connectivity index (χ1) is 7.79. The monoisotopic (exact) mass is 229 g/mol. The molecule has 0 amide bonds. The molecule has 0 spiro atoms. The van der Waals surface area contributed by atoms with E-state index >= 15 is 0 Å². The molecule has 2 heterocycles. The molecule has 0 aliphatic rings. The van der Waals surface area contributed by atoms with Crippen molar-refractivity contribution in [3.63, 3.8) is 0 Å². The van der Waals surface area contributed by atoms with Crippen LogP contribution in [0.5, 0.6) is 0 Å². The molecule has 80 valence electrons. The van der Waals surface area contributed by atoms with Crippen molar-refractivity contribution in [3.8, 4) is 0 Å². The fourth-order valence-electron chi connectivity index (χ4n) is 1.54. The van der Waals surface area contributed by atoms with Crippen LogP contribution in [0.15, 0.2) is 48.8 Å². The van der Waals surface area contributed by atoms with Crippen molar-refractivity contribution in [1.82, 2.24) is 9.97 Å². The van der Waals surface area contributed by atoms with Crippen LogP contribution in [0.4, 0.5) is 0 Å². The zero-order valence-corrected chi connectivity index (χ0v) is 9.39. The fourth-order valence-corrected chi connectivity index (χ4v) is 1.78. The van der Waals surface area contributed by atoms with Crippen molar-refractivity contribution in [1.29, 1.82) is 0 Å². The van der Waals surface area contributed by atoms with E-state index in [2.05, 4.69) is 9.97 Å². The Hall–Kier alpha value is -1.81. The van der Waals surface area contributed by atoms with Crippen molar-refractivity contribution in [2.24, 2.45) is 5.73 Å². The van der Waals surface area contributed by atoms with Gasteiger partial charge in [-0.15, -0.1) is 0 Å². The van der Waals surface area contributed by atoms with Crippen LogP contribution in [0.1, 0.15) is 17.3 Å². The van der Waals surface area contributed by atoms with Crippen LogP contribution >= 0.6 is 12.2 Å². The number of thiocarbonyl (C=S) groups is 1. The average Bonchev–Trinajstić information content (AvgIpc) is 2.31. The van der Waals surface area contributed by atoms with E-state index in [0.717, 1.165) is 11.4 Å². The minimum Gasteiger partial charge on any atom is -0.392 e. The molecule has 2 N–H and O–H groups in total. The zero-order chi connectivity index (χ0) is 11.4. The van der Waals surface area contributed by atoms with Gasteiger partial charge in [0.05, 0.1) is 22.3 Å². The Morgan fingerprint density at radius 1 is 1.00 bits per heavy atom. The molecule has 0 fully saturated rings. The molecule has 3 nitrogen and oxygen atoms in total. The first-order valence-corrected chi connectivity index (χ1v) is 5.31. The van der Waals surface area contributed by atoms with Crippen LogP contribution in [-0.4, -0.2) is 15.0 Å². The Labute approximate surface area is 99.4 Å². The Bertz CT molecular complexity index is 431. The zero-order valence-electron chi connectivity index (χ0n) is 8.58. The predicted octanol–water partition coefficient (Wildman–Crippen LogP) is 1.89. The molecule has 2 rings (SSSR count). The molecular weight excluding hydrogens is 218 g/mol.